The number of rotatable bonds is 7. The van der Waals surface area contributed by atoms with Crippen LogP contribution in [-0.2, 0) is 29.1 Å². The molecule has 2 aliphatic rings. The molecule has 0 unspecified atom stereocenters. The van der Waals surface area contributed by atoms with Crippen LogP contribution in [0.1, 0.15) is 73.3 Å². The Kier molecular flexibility index (Phi) is 6.84. The Morgan fingerprint density at radius 2 is 1.62 bits per heavy atom. The minimum absolute atomic E-state index is 0.0193. The molecular formula is C25H32N4O3. The summed E-state index contributed by atoms with van der Waals surface area (Å²) in [4.78, 5) is 20.6. The monoisotopic (exact) mass is 436 g/mol. The van der Waals surface area contributed by atoms with Crippen molar-refractivity contribution in [2.24, 2.45) is 15.7 Å². The molecule has 2 heterocycles. The number of nitrogens with zero attached hydrogens (tertiary/aromatic N) is 4. The quantitative estimate of drug-likeness (QED) is 0.660. The second-order valence-electron chi connectivity index (χ2n) is 9.41. The van der Waals surface area contributed by atoms with Gasteiger partial charge in [0, 0.05) is 17.3 Å². The van der Waals surface area contributed by atoms with Crippen LogP contribution in [0.4, 0.5) is 0 Å². The van der Waals surface area contributed by atoms with Gasteiger partial charge in [-0.15, -0.1) is 0 Å². The summed E-state index contributed by atoms with van der Waals surface area (Å²) in [5.74, 6) is 0. The van der Waals surface area contributed by atoms with Gasteiger partial charge < -0.3 is 14.8 Å². The highest BCUT2D eigenvalue weighted by atomic mass is 16.6. The van der Waals surface area contributed by atoms with Crippen LogP contribution in [0.15, 0.2) is 34.7 Å². The zero-order valence-electron chi connectivity index (χ0n) is 19.2. The van der Waals surface area contributed by atoms with E-state index < -0.39 is 0 Å². The number of aliphatic hydroxyl groups is 1. The first-order valence-corrected chi connectivity index (χ1v) is 11.4. The lowest BCUT2D eigenvalue weighted by Crippen LogP contribution is -2.25. The number of aromatic nitrogens is 2. The lowest BCUT2D eigenvalue weighted by Gasteiger charge is -2.23. The largest absolute Gasteiger partial charge is 0.395 e. The summed E-state index contributed by atoms with van der Waals surface area (Å²) in [6, 6.07) is 6.06. The molecule has 2 aliphatic carbocycles. The molecule has 0 atom stereocenters. The van der Waals surface area contributed by atoms with Gasteiger partial charge in [0.2, 0.25) is 0 Å². The molecule has 2 aromatic rings. The van der Waals surface area contributed by atoms with Crippen molar-refractivity contribution in [2.75, 3.05) is 13.2 Å². The van der Waals surface area contributed by atoms with Gasteiger partial charge in [-0.05, 0) is 74.3 Å². The van der Waals surface area contributed by atoms with Crippen molar-refractivity contribution >= 4 is 11.4 Å². The third kappa shape index (κ3) is 5.15. The molecule has 7 heteroatoms. The van der Waals surface area contributed by atoms with E-state index in [2.05, 4.69) is 46.3 Å². The summed E-state index contributed by atoms with van der Waals surface area (Å²) in [5, 5.41) is 18.4. The van der Waals surface area contributed by atoms with E-state index in [9.17, 15) is 5.11 Å². The van der Waals surface area contributed by atoms with Gasteiger partial charge in [0.25, 0.3) is 0 Å². The van der Waals surface area contributed by atoms with Gasteiger partial charge in [-0.3, -0.25) is 9.97 Å². The van der Waals surface area contributed by atoms with Crippen molar-refractivity contribution in [3.8, 4) is 0 Å². The summed E-state index contributed by atoms with van der Waals surface area (Å²) in [5.41, 5.74) is 7.58. The fourth-order valence-electron chi connectivity index (χ4n) is 4.15. The smallest absolute Gasteiger partial charge is 0.125 e. The van der Waals surface area contributed by atoms with Crippen LogP contribution in [0.25, 0.3) is 0 Å². The predicted octanol–water partition coefficient (Wildman–Crippen LogP) is 4.12. The molecule has 32 heavy (non-hydrogen) atoms. The SMILES string of the molecule is Cc1ccc2c(n1)/C(=N/OCC(C)(C)CO/N=C1\CCCc3c(CO)ccnc31)CCC2. The average Bonchev–Trinajstić information content (AvgIpc) is 2.79. The molecule has 0 saturated heterocycles. The molecule has 7 nitrogen and oxygen atoms in total. The van der Waals surface area contributed by atoms with Crippen molar-refractivity contribution in [1.82, 2.24) is 9.97 Å². The Balaban J connectivity index is 1.36. The first-order valence-electron chi connectivity index (χ1n) is 11.4. The minimum atomic E-state index is -0.260. The van der Waals surface area contributed by atoms with E-state index in [-0.39, 0.29) is 12.0 Å². The molecule has 0 bridgehead atoms. The van der Waals surface area contributed by atoms with Gasteiger partial charge in [-0.1, -0.05) is 30.2 Å². The summed E-state index contributed by atoms with van der Waals surface area (Å²) in [6.45, 7) is 6.99. The van der Waals surface area contributed by atoms with Crippen LogP contribution < -0.4 is 0 Å². The van der Waals surface area contributed by atoms with Gasteiger partial charge in [0.15, 0.2) is 0 Å². The lowest BCUT2D eigenvalue weighted by molar-refractivity contribution is -0.000312. The van der Waals surface area contributed by atoms with Crippen LogP contribution in [0.2, 0.25) is 0 Å². The molecule has 0 aliphatic heterocycles. The van der Waals surface area contributed by atoms with E-state index in [0.717, 1.165) is 78.2 Å². The Hall–Kier alpha value is -2.80. The van der Waals surface area contributed by atoms with Gasteiger partial charge >= 0.3 is 0 Å². The van der Waals surface area contributed by atoms with Gasteiger partial charge in [0.05, 0.1) is 18.0 Å². The molecule has 0 aromatic carbocycles. The molecule has 1 N–H and O–H groups in total. The summed E-state index contributed by atoms with van der Waals surface area (Å²) >= 11 is 0. The molecule has 0 fully saturated rings. The third-order valence-corrected chi connectivity index (χ3v) is 5.95. The van der Waals surface area contributed by atoms with Crippen molar-refractivity contribution in [2.45, 2.75) is 65.9 Å². The first kappa shape index (κ1) is 22.4. The standard InChI is InChI=1S/C25H32N4O3/c1-17-10-11-18-6-4-8-21(23(18)27-17)28-31-15-25(2,3)16-32-29-22-9-5-7-20-19(14-30)12-13-26-24(20)22/h10-13,30H,4-9,14-16H2,1-3H3/b28-21+,29-22+. The number of pyridine rings is 2. The van der Waals surface area contributed by atoms with Crippen LogP contribution in [0, 0.1) is 12.3 Å². The van der Waals surface area contributed by atoms with E-state index in [1.165, 1.54) is 5.56 Å². The van der Waals surface area contributed by atoms with Gasteiger partial charge in [-0.25, -0.2) is 0 Å². The van der Waals surface area contributed by atoms with Crippen LogP contribution in [0.3, 0.4) is 0 Å². The third-order valence-electron chi connectivity index (χ3n) is 5.95. The van der Waals surface area contributed by atoms with Gasteiger partial charge in [0.1, 0.15) is 24.6 Å². The maximum Gasteiger partial charge on any atom is 0.125 e. The second-order valence-corrected chi connectivity index (χ2v) is 9.41. The Labute approximate surface area is 189 Å². The van der Waals surface area contributed by atoms with Gasteiger partial charge in [-0.2, -0.15) is 0 Å². The molecule has 0 amide bonds. The molecular weight excluding hydrogens is 404 g/mol. The van der Waals surface area contributed by atoms with Crippen molar-refractivity contribution < 1.29 is 14.8 Å². The number of aliphatic hydroxyl groups excluding tert-OH is 1. The number of aryl methyl sites for hydroxylation is 2. The number of hydrogen-bond donors (Lipinski definition) is 1. The fourth-order valence-corrected chi connectivity index (χ4v) is 4.15. The van der Waals surface area contributed by atoms with E-state index >= 15 is 0 Å². The summed E-state index contributed by atoms with van der Waals surface area (Å²) < 4.78 is 0. The number of fused-ring (bicyclic) bond motifs is 2. The highest BCUT2D eigenvalue weighted by Gasteiger charge is 2.24. The highest BCUT2D eigenvalue weighted by Crippen LogP contribution is 2.25. The van der Waals surface area contributed by atoms with Crippen LogP contribution in [-0.4, -0.2) is 39.7 Å². The molecule has 0 spiro atoms. The second kappa shape index (κ2) is 9.77. The normalized spacial score (nSPS) is 18.4. The van der Waals surface area contributed by atoms with Crippen molar-refractivity contribution in [1.29, 1.82) is 0 Å². The minimum Gasteiger partial charge on any atom is -0.395 e. The van der Waals surface area contributed by atoms with Crippen molar-refractivity contribution in [3.05, 3.63) is 58.2 Å². The maximum absolute atomic E-state index is 9.58. The predicted molar refractivity (Wildman–Crippen MR) is 124 cm³/mol. The van der Waals surface area contributed by atoms with E-state index in [1.54, 1.807) is 6.20 Å². The Morgan fingerprint density at radius 3 is 2.34 bits per heavy atom. The van der Waals surface area contributed by atoms with E-state index in [0.29, 0.717) is 13.2 Å². The molecule has 0 saturated carbocycles. The molecule has 170 valence electrons. The van der Waals surface area contributed by atoms with E-state index in [1.807, 2.05) is 13.0 Å². The summed E-state index contributed by atoms with van der Waals surface area (Å²) in [6.07, 6.45) is 7.43. The zero-order valence-corrected chi connectivity index (χ0v) is 19.2. The average molecular weight is 437 g/mol. The molecule has 0 radical (unpaired) electrons. The Bertz CT molecular complexity index is 1030. The summed E-state index contributed by atoms with van der Waals surface area (Å²) in [7, 11) is 0. The van der Waals surface area contributed by atoms with E-state index in [4.69, 9.17) is 9.68 Å². The topological polar surface area (TPSA) is 89.2 Å². The van der Waals surface area contributed by atoms with Crippen LogP contribution >= 0.6 is 0 Å². The highest BCUT2D eigenvalue weighted by molar-refractivity contribution is 6.01. The van der Waals surface area contributed by atoms with Crippen molar-refractivity contribution in [3.63, 3.8) is 0 Å². The fraction of sp³-hybridized carbons (Fsp3) is 0.520. The zero-order chi connectivity index (χ0) is 22.6. The molecule has 2 aromatic heterocycles. The molecule has 4 rings (SSSR count). The Morgan fingerprint density at radius 1 is 0.938 bits per heavy atom. The first-order chi connectivity index (χ1) is 15.5. The number of hydrogen-bond acceptors (Lipinski definition) is 7. The maximum atomic E-state index is 9.58. The number of oxime groups is 2. The lowest BCUT2D eigenvalue weighted by atomic mass is 9.91. The van der Waals surface area contributed by atoms with Crippen LogP contribution in [0.5, 0.6) is 0 Å².